The number of hydrogen-bond donors (Lipinski definition) is 0. The van der Waals surface area contributed by atoms with Crippen molar-refractivity contribution in [3.8, 4) is 0 Å². The Morgan fingerprint density at radius 3 is 2.68 bits per heavy atom. The second-order valence-electron chi connectivity index (χ2n) is 8.12. The molecule has 166 valence electrons. The van der Waals surface area contributed by atoms with Crippen molar-refractivity contribution in [1.82, 2.24) is 20.2 Å². The zero-order valence-corrected chi connectivity index (χ0v) is 17.5. The molecule has 0 saturated carbocycles. The average molecular weight is 436 g/mol. The summed E-state index contributed by atoms with van der Waals surface area (Å²) in [4.78, 5) is 18.6. The highest BCUT2D eigenvalue weighted by molar-refractivity contribution is 5.92. The smallest absolute Gasteiger partial charge is 0.360 e. The molecule has 4 heterocycles. The van der Waals surface area contributed by atoms with E-state index in [1.54, 1.807) is 17.9 Å². The van der Waals surface area contributed by atoms with Crippen molar-refractivity contribution >= 4 is 17.0 Å². The molecule has 3 aromatic rings. The maximum absolute atomic E-state index is 13.8. The van der Waals surface area contributed by atoms with Gasteiger partial charge in [0.2, 0.25) is 0 Å². The maximum atomic E-state index is 13.8. The van der Waals surface area contributed by atoms with Gasteiger partial charge in [0.05, 0.1) is 16.6 Å². The van der Waals surface area contributed by atoms with Crippen LogP contribution in [0.5, 0.6) is 0 Å². The molecule has 0 N–H and O–H groups in total. The van der Waals surface area contributed by atoms with Crippen molar-refractivity contribution in [1.29, 1.82) is 0 Å². The van der Waals surface area contributed by atoms with Gasteiger partial charge in [0.1, 0.15) is 5.76 Å². The number of aryl methyl sites for hydroxylation is 1. The van der Waals surface area contributed by atoms with Crippen LogP contribution in [-0.2, 0) is 12.6 Å². The summed E-state index contributed by atoms with van der Waals surface area (Å²) < 4.78 is 51.7. The predicted octanol–water partition coefficient (Wildman–Crippen LogP) is 4.94. The molecular formula is C21H23F3N4O3. The van der Waals surface area contributed by atoms with Gasteiger partial charge in [0.25, 0.3) is 11.6 Å². The standard InChI is InChI=1S/C21H23F3N4O3/c1-4-13-8-14(21(22,23)24)17-18(27-31-19(17)25-13)12-6-5-7-28(10-12)20(29)15-9-16(11(2)3)30-26-15/h8-9,11-12H,4-7,10H2,1-3H3. The molecule has 4 rings (SSSR count). The Kier molecular flexibility index (Phi) is 5.49. The quantitative estimate of drug-likeness (QED) is 0.576. The summed E-state index contributed by atoms with van der Waals surface area (Å²) in [6, 6.07) is 2.66. The zero-order valence-electron chi connectivity index (χ0n) is 17.5. The molecule has 3 aromatic heterocycles. The fourth-order valence-corrected chi connectivity index (χ4v) is 3.92. The van der Waals surface area contributed by atoms with E-state index in [1.807, 2.05) is 13.8 Å². The second-order valence-corrected chi connectivity index (χ2v) is 8.12. The molecule has 31 heavy (non-hydrogen) atoms. The first-order chi connectivity index (χ1) is 14.7. The van der Waals surface area contributed by atoms with Crippen LogP contribution in [0.25, 0.3) is 11.1 Å². The first-order valence-corrected chi connectivity index (χ1v) is 10.3. The molecule has 10 heteroatoms. The Morgan fingerprint density at radius 1 is 1.26 bits per heavy atom. The highest BCUT2D eigenvalue weighted by Gasteiger charge is 2.38. The third-order valence-electron chi connectivity index (χ3n) is 5.61. The Hall–Kier alpha value is -2.91. The minimum Gasteiger partial charge on any atom is -0.360 e. The number of pyridine rings is 1. The molecule has 1 unspecified atom stereocenters. The topological polar surface area (TPSA) is 85.3 Å². The lowest BCUT2D eigenvalue weighted by molar-refractivity contribution is -0.136. The molecule has 1 aliphatic heterocycles. The summed E-state index contributed by atoms with van der Waals surface area (Å²) in [6.07, 6.45) is -3.00. The number of alkyl halides is 3. The van der Waals surface area contributed by atoms with E-state index in [2.05, 4.69) is 15.3 Å². The van der Waals surface area contributed by atoms with Gasteiger partial charge in [-0.2, -0.15) is 13.2 Å². The lowest BCUT2D eigenvalue weighted by Crippen LogP contribution is -2.39. The Bertz CT molecular complexity index is 1100. The fourth-order valence-electron chi connectivity index (χ4n) is 3.92. The van der Waals surface area contributed by atoms with E-state index in [0.717, 1.165) is 6.07 Å². The number of hydrogen-bond acceptors (Lipinski definition) is 6. The number of nitrogens with zero attached hydrogens (tertiary/aromatic N) is 4. The number of halogens is 3. The van der Waals surface area contributed by atoms with Crippen LogP contribution in [0.1, 0.15) is 78.6 Å². The molecular weight excluding hydrogens is 413 g/mol. The summed E-state index contributed by atoms with van der Waals surface area (Å²) in [6.45, 7) is 6.29. The summed E-state index contributed by atoms with van der Waals surface area (Å²) in [7, 11) is 0. The first kappa shape index (κ1) is 21.3. The highest BCUT2D eigenvalue weighted by atomic mass is 19.4. The Labute approximate surface area is 176 Å². The van der Waals surface area contributed by atoms with Crippen LogP contribution in [0.4, 0.5) is 13.2 Å². The predicted molar refractivity (Wildman–Crippen MR) is 105 cm³/mol. The van der Waals surface area contributed by atoms with Crippen molar-refractivity contribution < 1.29 is 27.0 Å². The summed E-state index contributed by atoms with van der Waals surface area (Å²) in [5, 5.41) is 7.69. The van der Waals surface area contributed by atoms with Crippen molar-refractivity contribution in [3.63, 3.8) is 0 Å². The number of likely N-dealkylation sites (tertiary alicyclic amines) is 1. The molecule has 1 saturated heterocycles. The van der Waals surface area contributed by atoms with Gasteiger partial charge in [-0.25, -0.2) is 4.98 Å². The van der Waals surface area contributed by atoms with Crippen molar-refractivity contribution in [3.05, 3.63) is 40.5 Å². The minimum atomic E-state index is -4.57. The lowest BCUT2D eigenvalue weighted by Gasteiger charge is -2.31. The van der Waals surface area contributed by atoms with E-state index in [1.165, 1.54) is 0 Å². The van der Waals surface area contributed by atoms with Gasteiger partial charge < -0.3 is 13.9 Å². The molecule has 1 amide bonds. The van der Waals surface area contributed by atoms with Crippen LogP contribution in [-0.4, -0.2) is 39.2 Å². The monoisotopic (exact) mass is 436 g/mol. The third kappa shape index (κ3) is 4.03. The number of carbonyl (C=O) groups excluding carboxylic acids is 1. The van der Waals surface area contributed by atoms with Crippen LogP contribution in [0, 0.1) is 0 Å². The highest BCUT2D eigenvalue weighted by Crippen LogP contribution is 2.40. The summed E-state index contributed by atoms with van der Waals surface area (Å²) in [5.41, 5.74) is -0.247. The van der Waals surface area contributed by atoms with Crippen LogP contribution < -0.4 is 0 Å². The van der Waals surface area contributed by atoms with E-state index in [0.29, 0.717) is 31.6 Å². The molecule has 1 fully saturated rings. The molecule has 7 nitrogen and oxygen atoms in total. The molecule has 0 radical (unpaired) electrons. The molecule has 0 aromatic carbocycles. The Balaban J connectivity index is 1.66. The normalized spacial score (nSPS) is 17.6. The maximum Gasteiger partial charge on any atom is 0.417 e. The van der Waals surface area contributed by atoms with Crippen molar-refractivity contribution in [2.75, 3.05) is 13.1 Å². The second kappa shape index (κ2) is 7.97. The van der Waals surface area contributed by atoms with Gasteiger partial charge in [-0.1, -0.05) is 31.1 Å². The van der Waals surface area contributed by atoms with Crippen molar-refractivity contribution in [2.24, 2.45) is 0 Å². The molecule has 1 aliphatic rings. The minimum absolute atomic E-state index is 0.0888. The summed E-state index contributed by atoms with van der Waals surface area (Å²) in [5.74, 6) is -0.0145. The van der Waals surface area contributed by atoms with E-state index < -0.39 is 17.7 Å². The third-order valence-corrected chi connectivity index (χ3v) is 5.61. The largest absolute Gasteiger partial charge is 0.417 e. The van der Waals surface area contributed by atoms with Gasteiger partial charge in [-0.05, 0) is 25.3 Å². The fraction of sp³-hybridized carbons (Fsp3) is 0.524. The average Bonchev–Trinajstić information content (AvgIpc) is 3.39. The van der Waals surface area contributed by atoms with Crippen LogP contribution in [0.3, 0.4) is 0 Å². The van der Waals surface area contributed by atoms with Crippen LogP contribution in [0.15, 0.2) is 21.2 Å². The number of carbonyl (C=O) groups is 1. The number of aromatic nitrogens is 3. The molecule has 0 bridgehead atoms. The van der Waals surface area contributed by atoms with Crippen molar-refractivity contribution in [2.45, 2.75) is 58.0 Å². The molecule has 0 aliphatic carbocycles. The SMILES string of the molecule is CCc1cc(C(F)(F)F)c2c(C3CCCN(C(=O)c4cc(C(C)C)on4)C3)noc2n1. The summed E-state index contributed by atoms with van der Waals surface area (Å²) >= 11 is 0. The van der Waals surface area contributed by atoms with E-state index in [9.17, 15) is 18.0 Å². The first-order valence-electron chi connectivity index (χ1n) is 10.3. The van der Waals surface area contributed by atoms with E-state index >= 15 is 0 Å². The molecule has 1 atom stereocenters. The van der Waals surface area contributed by atoms with Gasteiger partial charge in [0.15, 0.2) is 5.69 Å². The number of rotatable bonds is 4. The Morgan fingerprint density at radius 2 is 2.03 bits per heavy atom. The van der Waals surface area contributed by atoms with Gasteiger partial charge in [0, 0.05) is 36.7 Å². The van der Waals surface area contributed by atoms with E-state index in [-0.39, 0.29) is 46.6 Å². The van der Waals surface area contributed by atoms with Crippen LogP contribution in [0.2, 0.25) is 0 Å². The zero-order chi connectivity index (χ0) is 22.3. The number of piperidine rings is 1. The van der Waals surface area contributed by atoms with Gasteiger partial charge >= 0.3 is 6.18 Å². The van der Waals surface area contributed by atoms with Gasteiger partial charge in [-0.3, -0.25) is 4.79 Å². The van der Waals surface area contributed by atoms with Crippen LogP contribution >= 0.6 is 0 Å². The lowest BCUT2D eigenvalue weighted by atomic mass is 9.91. The van der Waals surface area contributed by atoms with Gasteiger partial charge in [-0.15, -0.1) is 0 Å². The molecule has 0 spiro atoms. The van der Waals surface area contributed by atoms with E-state index in [4.69, 9.17) is 9.05 Å². The number of fused-ring (bicyclic) bond motifs is 1. The number of amides is 1.